The molecule has 1 heterocycles. The molecule has 1 aromatic heterocycles. The monoisotopic (exact) mass is 238 g/mol. The summed E-state index contributed by atoms with van der Waals surface area (Å²) in [4.78, 5) is 4.44. The first-order valence-corrected chi connectivity index (χ1v) is 6.23. The summed E-state index contributed by atoms with van der Waals surface area (Å²) in [5.74, 6) is 0. The van der Waals surface area contributed by atoms with Gasteiger partial charge in [-0.15, -0.1) is 0 Å². The van der Waals surface area contributed by atoms with Crippen molar-refractivity contribution in [2.24, 2.45) is 0 Å². The molecule has 0 saturated heterocycles. The lowest BCUT2D eigenvalue weighted by Crippen LogP contribution is -1.95. The molecule has 2 nitrogen and oxygen atoms in total. The van der Waals surface area contributed by atoms with E-state index >= 15 is 0 Å². The third kappa shape index (κ3) is 3.45. The van der Waals surface area contributed by atoms with Gasteiger partial charge in [-0.1, -0.05) is 24.3 Å². The molecule has 2 aromatic rings. The maximum Gasteiger partial charge on any atom is 0.0633 e. The van der Waals surface area contributed by atoms with Crippen LogP contribution >= 0.6 is 0 Å². The van der Waals surface area contributed by atoms with E-state index in [-0.39, 0.29) is 0 Å². The summed E-state index contributed by atoms with van der Waals surface area (Å²) in [5, 5.41) is 3.31. The summed E-state index contributed by atoms with van der Waals surface area (Å²) in [6.07, 6.45) is 4.13. The van der Waals surface area contributed by atoms with E-state index in [9.17, 15) is 0 Å². The summed E-state index contributed by atoms with van der Waals surface area (Å²) in [6.45, 7) is 5.04. The second-order valence-electron chi connectivity index (χ2n) is 4.19. The molecule has 0 aliphatic heterocycles. The van der Waals surface area contributed by atoms with E-state index in [1.807, 2.05) is 31.2 Å². The molecule has 0 bridgehead atoms. The van der Waals surface area contributed by atoms with Crippen molar-refractivity contribution in [3.8, 4) is 0 Å². The standard InChI is InChI=1S/C16H18N2/c1-3-17-16-9-5-7-14(12-16)10-11-15-8-4-6-13(2)18-15/h4-12,17H,3H2,1-2H3. The number of rotatable bonds is 4. The van der Waals surface area contributed by atoms with Gasteiger partial charge in [0.2, 0.25) is 0 Å². The molecule has 0 saturated carbocycles. The van der Waals surface area contributed by atoms with Gasteiger partial charge in [0.05, 0.1) is 5.69 Å². The van der Waals surface area contributed by atoms with Crippen LogP contribution in [0.3, 0.4) is 0 Å². The number of anilines is 1. The van der Waals surface area contributed by atoms with Gasteiger partial charge in [-0.25, -0.2) is 0 Å². The van der Waals surface area contributed by atoms with E-state index in [2.05, 4.69) is 47.6 Å². The zero-order valence-corrected chi connectivity index (χ0v) is 10.9. The fourth-order valence-corrected chi connectivity index (χ4v) is 1.79. The Bertz CT molecular complexity index is 544. The third-order valence-corrected chi connectivity index (χ3v) is 2.62. The fourth-order valence-electron chi connectivity index (χ4n) is 1.79. The van der Waals surface area contributed by atoms with Crippen molar-refractivity contribution in [2.75, 3.05) is 11.9 Å². The number of pyridine rings is 1. The number of nitrogens with zero attached hydrogens (tertiary/aromatic N) is 1. The Kier molecular flexibility index (Phi) is 4.13. The van der Waals surface area contributed by atoms with Gasteiger partial charge in [-0.3, -0.25) is 4.98 Å². The predicted octanol–water partition coefficient (Wildman–Crippen LogP) is 3.99. The van der Waals surface area contributed by atoms with Gasteiger partial charge >= 0.3 is 0 Å². The van der Waals surface area contributed by atoms with Crippen LogP contribution in [0.15, 0.2) is 42.5 Å². The zero-order chi connectivity index (χ0) is 12.8. The second kappa shape index (κ2) is 6.01. The first-order chi connectivity index (χ1) is 8.78. The van der Waals surface area contributed by atoms with Crippen LogP contribution in [0, 0.1) is 6.92 Å². The normalized spacial score (nSPS) is 10.8. The summed E-state index contributed by atoms with van der Waals surface area (Å²) < 4.78 is 0. The van der Waals surface area contributed by atoms with Crippen LogP contribution in [0.5, 0.6) is 0 Å². The molecule has 0 atom stereocenters. The Morgan fingerprint density at radius 1 is 1.11 bits per heavy atom. The minimum Gasteiger partial charge on any atom is -0.385 e. The quantitative estimate of drug-likeness (QED) is 0.871. The molecule has 1 N–H and O–H groups in total. The van der Waals surface area contributed by atoms with Crippen LogP contribution in [0.2, 0.25) is 0 Å². The van der Waals surface area contributed by atoms with Crippen LogP contribution < -0.4 is 5.32 Å². The number of hydrogen-bond donors (Lipinski definition) is 1. The van der Waals surface area contributed by atoms with Crippen molar-refractivity contribution in [3.05, 3.63) is 59.4 Å². The zero-order valence-electron chi connectivity index (χ0n) is 10.9. The van der Waals surface area contributed by atoms with Crippen molar-refractivity contribution < 1.29 is 0 Å². The molecule has 0 spiro atoms. The van der Waals surface area contributed by atoms with Crippen LogP contribution in [0.4, 0.5) is 5.69 Å². The Balaban J connectivity index is 2.15. The van der Waals surface area contributed by atoms with Gasteiger partial charge < -0.3 is 5.32 Å². The van der Waals surface area contributed by atoms with E-state index in [4.69, 9.17) is 0 Å². The van der Waals surface area contributed by atoms with Gasteiger partial charge in [-0.05, 0) is 49.8 Å². The molecule has 18 heavy (non-hydrogen) atoms. The highest BCUT2D eigenvalue weighted by atomic mass is 14.8. The highest BCUT2D eigenvalue weighted by Crippen LogP contribution is 2.13. The molecule has 2 rings (SSSR count). The number of nitrogens with one attached hydrogen (secondary N) is 1. The Morgan fingerprint density at radius 3 is 2.72 bits per heavy atom. The number of benzene rings is 1. The molecule has 92 valence electrons. The minimum atomic E-state index is 0.937. The lowest BCUT2D eigenvalue weighted by atomic mass is 10.1. The van der Waals surface area contributed by atoms with E-state index in [0.717, 1.165) is 23.6 Å². The fraction of sp³-hybridized carbons (Fsp3) is 0.188. The molecule has 0 aliphatic carbocycles. The number of aromatic nitrogens is 1. The van der Waals surface area contributed by atoms with Crippen molar-refractivity contribution in [3.63, 3.8) is 0 Å². The molecular formula is C16H18N2. The topological polar surface area (TPSA) is 24.9 Å². The molecule has 2 heteroatoms. The largest absolute Gasteiger partial charge is 0.385 e. The van der Waals surface area contributed by atoms with Gasteiger partial charge in [0.1, 0.15) is 0 Å². The minimum absolute atomic E-state index is 0.937. The van der Waals surface area contributed by atoms with E-state index < -0.39 is 0 Å². The Labute approximate surface area is 108 Å². The first-order valence-electron chi connectivity index (χ1n) is 6.23. The molecule has 0 radical (unpaired) electrons. The molecule has 1 aromatic carbocycles. The van der Waals surface area contributed by atoms with Crippen LogP contribution in [-0.4, -0.2) is 11.5 Å². The van der Waals surface area contributed by atoms with Crippen LogP contribution in [-0.2, 0) is 0 Å². The summed E-state index contributed by atoms with van der Waals surface area (Å²) in [6, 6.07) is 14.4. The van der Waals surface area contributed by atoms with Gasteiger partial charge in [0.25, 0.3) is 0 Å². The van der Waals surface area contributed by atoms with Crippen molar-refractivity contribution in [1.82, 2.24) is 4.98 Å². The maximum absolute atomic E-state index is 4.44. The van der Waals surface area contributed by atoms with Gasteiger partial charge in [0.15, 0.2) is 0 Å². The Hall–Kier alpha value is -2.09. The second-order valence-corrected chi connectivity index (χ2v) is 4.19. The third-order valence-electron chi connectivity index (χ3n) is 2.62. The van der Waals surface area contributed by atoms with Gasteiger partial charge in [0, 0.05) is 17.9 Å². The lowest BCUT2D eigenvalue weighted by molar-refractivity contribution is 1.18. The summed E-state index contributed by atoms with van der Waals surface area (Å²) in [5.41, 5.74) is 4.36. The summed E-state index contributed by atoms with van der Waals surface area (Å²) in [7, 11) is 0. The smallest absolute Gasteiger partial charge is 0.0633 e. The van der Waals surface area contributed by atoms with Crippen LogP contribution in [0.1, 0.15) is 23.9 Å². The van der Waals surface area contributed by atoms with Crippen molar-refractivity contribution in [1.29, 1.82) is 0 Å². The molecule has 0 aliphatic rings. The van der Waals surface area contributed by atoms with Crippen molar-refractivity contribution >= 4 is 17.8 Å². The van der Waals surface area contributed by atoms with E-state index in [1.165, 1.54) is 5.56 Å². The maximum atomic E-state index is 4.44. The SMILES string of the molecule is CCNc1cccc(C=Cc2cccc(C)n2)c1. The molecule has 0 amide bonds. The van der Waals surface area contributed by atoms with E-state index in [1.54, 1.807) is 0 Å². The highest BCUT2D eigenvalue weighted by Gasteiger charge is 1.92. The summed E-state index contributed by atoms with van der Waals surface area (Å²) >= 11 is 0. The predicted molar refractivity (Wildman–Crippen MR) is 78.5 cm³/mol. The lowest BCUT2D eigenvalue weighted by Gasteiger charge is -2.03. The van der Waals surface area contributed by atoms with Crippen LogP contribution in [0.25, 0.3) is 12.2 Å². The number of aryl methyl sites for hydroxylation is 1. The molecular weight excluding hydrogens is 220 g/mol. The molecule has 0 fully saturated rings. The average Bonchev–Trinajstić information content (AvgIpc) is 2.37. The highest BCUT2D eigenvalue weighted by molar-refractivity contribution is 5.70. The van der Waals surface area contributed by atoms with Crippen molar-refractivity contribution in [2.45, 2.75) is 13.8 Å². The Morgan fingerprint density at radius 2 is 1.94 bits per heavy atom. The van der Waals surface area contributed by atoms with E-state index in [0.29, 0.717) is 0 Å². The molecule has 0 unspecified atom stereocenters. The average molecular weight is 238 g/mol. The first kappa shape index (κ1) is 12.4. The number of hydrogen-bond acceptors (Lipinski definition) is 2. The van der Waals surface area contributed by atoms with Gasteiger partial charge in [-0.2, -0.15) is 0 Å².